The zero-order valence-corrected chi connectivity index (χ0v) is 10.4. The zero-order valence-electron chi connectivity index (χ0n) is 10.4. The van der Waals surface area contributed by atoms with Crippen molar-refractivity contribution in [1.29, 1.82) is 0 Å². The minimum atomic E-state index is -0.998. The molecule has 1 heterocycles. The number of benzene rings is 1. The van der Waals surface area contributed by atoms with Gasteiger partial charge in [0.25, 0.3) is 0 Å². The summed E-state index contributed by atoms with van der Waals surface area (Å²) in [5.74, 6) is -2.04. The molecule has 2 atom stereocenters. The molecule has 0 aliphatic carbocycles. The number of carbonyl (C=O) groups excluding carboxylic acids is 1. The van der Waals surface area contributed by atoms with E-state index in [1.54, 1.807) is 0 Å². The molecule has 0 bridgehead atoms. The van der Waals surface area contributed by atoms with E-state index in [0.29, 0.717) is 13.0 Å². The summed E-state index contributed by atoms with van der Waals surface area (Å²) < 4.78 is 0. The van der Waals surface area contributed by atoms with Crippen LogP contribution in [0.5, 0.6) is 0 Å². The summed E-state index contributed by atoms with van der Waals surface area (Å²) in [5, 5.41) is 9.12. The molecule has 1 saturated heterocycles. The van der Waals surface area contributed by atoms with Crippen LogP contribution in [0.15, 0.2) is 30.3 Å². The van der Waals surface area contributed by atoms with Crippen molar-refractivity contribution in [3.05, 3.63) is 35.9 Å². The number of likely N-dealkylation sites (tertiary alicyclic amines) is 1. The predicted molar refractivity (Wildman–Crippen MR) is 67.1 cm³/mol. The average Bonchev–Trinajstić information content (AvgIpc) is 2.66. The molecule has 1 fully saturated rings. The van der Waals surface area contributed by atoms with E-state index in [1.807, 2.05) is 42.2 Å². The van der Waals surface area contributed by atoms with E-state index in [0.717, 1.165) is 5.56 Å². The Morgan fingerprint density at radius 1 is 1.39 bits per heavy atom. The summed E-state index contributed by atoms with van der Waals surface area (Å²) in [6, 6.07) is 9.63. The second kappa shape index (κ2) is 5.31. The van der Waals surface area contributed by atoms with Crippen LogP contribution in [0.1, 0.15) is 18.9 Å². The highest BCUT2D eigenvalue weighted by Gasteiger charge is 2.43. The maximum absolute atomic E-state index is 11.8. The third kappa shape index (κ3) is 2.43. The summed E-state index contributed by atoms with van der Waals surface area (Å²) in [4.78, 5) is 24.9. The fourth-order valence-electron chi connectivity index (χ4n) is 2.63. The SMILES string of the molecule is CCC1C(C(=O)O)C(=O)CN1Cc1ccccc1. The first kappa shape index (κ1) is 12.8. The van der Waals surface area contributed by atoms with Crippen molar-refractivity contribution in [2.75, 3.05) is 6.54 Å². The average molecular weight is 247 g/mol. The first-order valence-corrected chi connectivity index (χ1v) is 6.17. The van der Waals surface area contributed by atoms with Crippen LogP contribution in [0.4, 0.5) is 0 Å². The van der Waals surface area contributed by atoms with Crippen molar-refractivity contribution < 1.29 is 14.7 Å². The highest BCUT2D eigenvalue weighted by Crippen LogP contribution is 2.26. The number of carbonyl (C=O) groups is 2. The van der Waals surface area contributed by atoms with Crippen molar-refractivity contribution in [3.63, 3.8) is 0 Å². The van der Waals surface area contributed by atoms with Crippen LogP contribution in [-0.4, -0.2) is 34.3 Å². The van der Waals surface area contributed by atoms with E-state index >= 15 is 0 Å². The number of Topliss-reactive ketones (excluding diaryl/α,β-unsaturated/α-hetero) is 1. The molecule has 4 heteroatoms. The monoisotopic (exact) mass is 247 g/mol. The summed E-state index contributed by atoms with van der Waals surface area (Å²) in [6.45, 7) is 2.80. The molecule has 1 N–H and O–H groups in total. The molecule has 0 spiro atoms. The van der Waals surface area contributed by atoms with Crippen LogP contribution in [0.25, 0.3) is 0 Å². The number of hydrogen-bond acceptors (Lipinski definition) is 3. The van der Waals surface area contributed by atoms with Gasteiger partial charge < -0.3 is 5.11 Å². The number of aliphatic carboxylic acids is 1. The van der Waals surface area contributed by atoms with Gasteiger partial charge in [-0.15, -0.1) is 0 Å². The van der Waals surface area contributed by atoms with Crippen LogP contribution in [0.2, 0.25) is 0 Å². The third-order valence-corrected chi connectivity index (χ3v) is 3.47. The molecule has 2 unspecified atom stereocenters. The quantitative estimate of drug-likeness (QED) is 0.820. The lowest BCUT2D eigenvalue weighted by Crippen LogP contribution is -2.35. The Balaban J connectivity index is 2.14. The minimum absolute atomic E-state index is 0.176. The first-order valence-electron chi connectivity index (χ1n) is 6.17. The van der Waals surface area contributed by atoms with Gasteiger partial charge in [0.15, 0.2) is 5.78 Å². The lowest BCUT2D eigenvalue weighted by molar-refractivity contribution is -0.145. The summed E-state index contributed by atoms with van der Waals surface area (Å²) >= 11 is 0. The Kier molecular flexibility index (Phi) is 3.77. The Morgan fingerprint density at radius 2 is 2.06 bits per heavy atom. The zero-order chi connectivity index (χ0) is 13.1. The van der Waals surface area contributed by atoms with Gasteiger partial charge in [-0.05, 0) is 12.0 Å². The van der Waals surface area contributed by atoms with Gasteiger partial charge >= 0.3 is 5.97 Å². The van der Waals surface area contributed by atoms with Crippen LogP contribution in [-0.2, 0) is 16.1 Å². The molecule has 1 aromatic rings. The van der Waals surface area contributed by atoms with Crippen molar-refractivity contribution in [2.45, 2.75) is 25.9 Å². The Hall–Kier alpha value is -1.68. The number of carboxylic acids is 1. The minimum Gasteiger partial charge on any atom is -0.481 e. The van der Waals surface area contributed by atoms with Crippen molar-refractivity contribution >= 4 is 11.8 Å². The second-order valence-corrected chi connectivity index (χ2v) is 4.65. The summed E-state index contributed by atoms with van der Waals surface area (Å²) in [7, 11) is 0. The van der Waals surface area contributed by atoms with Crippen molar-refractivity contribution in [3.8, 4) is 0 Å². The Bertz CT molecular complexity index is 444. The predicted octanol–water partition coefficient (Wildman–Crippen LogP) is 1.55. The first-order chi connectivity index (χ1) is 8.63. The molecule has 0 aromatic heterocycles. The van der Waals surface area contributed by atoms with Gasteiger partial charge in [0.2, 0.25) is 0 Å². The molecule has 0 amide bonds. The topological polar surface area (TPSA) is 57.6 Å². The molecule has 2 rings (SSSR count). The van der Waals surface area contributed by atoms with Crippen LogP contribution < -0.4 is 0 Å². The third-order valence-electron chi connectivity index (χ3n) is 3.47. The molecule has 1 aliphatic heterocycles. The fourth-order valence-corrected chi connectivity index (χ4v) is 2.63. The highest BCUT2D eigenvalue weighted by atomic mass is 16.4. The maximum Gasteiger partial charge on any atom is 0.315 e. The van der Waals surface area contributed by atoms with E-state index in [4.69, 9.17) is 5.11 Å². The van der Waals surface area contributed by atoms with Crippen LogP contribution in [0.3, 0.4) is 0 Å². The lowest BCUT2D eigenvalue weighted by Gasteiger charge is -2.24. The van der Waals surface area contributed by atoms with Gasteiger partial charge in [-0.2, -0.15) is 0 Å². The van der Waals surface area contributed by atoms with E-state index < -0.39 is 11.9 Å². The Labute approximate surface area is 106 Å². The van der Waals surface area contributed by atoms with E-state index in [9.17, 15) is 9.59 Å². The van der Waals surface area contributed by atoms with Gasteiger partial charge in [-0.3, -0.25) is 14.5 Å². The number of rotatable bonds is 4. The molecule has 0 radical (unpaired) electrons. The second-order valence-electron chi connectivity index (χ2n) is 4.65. The van der Waals surface area contributed by atoms with E-state index in [1.165, 1.54) is 0 Å². The molecule has 18 heavy (non-hydrogen) atoms. The maximum atomic E-state index is 11.8. The standard InChI is InChI=1S/C14H17NO3/c1-2-11-13(14(17)18)12(16)9-15(11)8-10-6-4-3-5-7-10/h3-7,11,13H,2,8-9H2,1H3,(H,17,18). The van der Waals surface area contributed by atoms with Gasteiger partial charge in [0, 0.05) is 12.6 Å². The molecule has 4 nitrogen and oxygen atoms in total. The van der Waals surface area contributed by atoms with Gasteiger partial charge in [0.1, 0.15) is 5.92 Å². The summed E-state index contributed by atoms with van der Waals surface area (Å²) in [6.07, 6.45) is 0.676. The van der Waals surface area contributed by atoms with E-state index in [2.05, 4.69) is 0 Å². The molecular formula is C14H17NO3. The normalized spacial score (nSPS) is 24.4. The number of ketones is 1. The van der Waals surface area contributed by atoms with Crippen molar-refractivity contribution in [2.24, 2.45) is 5.92 Å². The molecule has 96 valence electrons. The molecule has 1 aromatic carbocycles. The fraction of sp³-hybridized carbons (Fsp3) is 0.429. The van der Waals surface area contributed by atoms with Crippen LogP contribution in [0, 0.1) is 5.92 Å². The summed E-state index contributed by atoms with van der Waals surface area (Å²) in [5.41, 5.74) is 1.11. The van der Waals surface area contributed by atoms with Gasteiger partial charge in [0.05, 0.1) is 6.54 Å². The van der Waals surface area contributed by atoms with Crippen LogP contribution >= 0.6 is 0 Å². The van der Waals surface area contributed by atoms with Gasteiger partial charge in [-0.1, -0.05) is 37.3 Å². The Morgan fingerprint density at radius 3 is 2.61 bits per heavy atom. The number of hydrogen-bond donors (Lipinski definition) is 1. The van der Waals surface area contributed by atoms with Gasteiger partial charge in [-0.25, -0.2) is 0 Å². The molecule has 0 saturated carbocycles. The number of nitrogens with zero attached hydrogens (tertiary/aromatic N) is 1. The molecular weight excluding hydrogens is 230 g/mol. The van der Waals surface area contributed by atoms with Crippen molar-refractivity contribution in [1.82, 2.24) is 4.90 Å². The number of carboxylic acid groups (broad SMARTS) is 1. The molecule has 1 aliphatic rings. The smallest absolute Gasteiger partial charge is 0.315 e. The lowest BCUT2D eigenvalue weighted by atomic mass is 9.97. The van der Waals surface area contributed by atoms with E-state index in [-0.39, 0.29) is 18.4 Å². The largest absolute Gasteiger partial charge is 0.481 e. The highest BCUT2D eigenvalue weighted by molar-refractivity contribution is 6.01.